The molecule has 188 valence electrons. The molecule has 2 aliphatic rings. The van der Waals surface area contributed by atoms with Gasteiger partial charge in [-0.05, 0) is 73.8 Å². The molecule has 4 rings (SSSR count). The number of aryl methyl sites for hydroxylation is 2. The van der Waals surface area contributed by atoms with Crippen molar-refractivity contribution >= 4 is 27.6 Å². The van der Waals surface area contributed by atoms with E-state index in [9.17, 15) is 18.0 Å². The fraction of sp³-hybridized carbons (Fsp3) is 0.481. The zero-order chi connectivity index (χ0) is 25.6. The fourth-order valence-electron chi connectivity index (χ4n) is 5.89. The van der Waals surface area contributed by atoms with Crippen LogP contribution >= 0.6 is 0 Å². The fourth-order valence-corrected chi connectivity index (χ4v) is 7.22. The number of nitrogens with zero attached hydrogens (tertiary/aromatic N) is 1. The Kier molecular flexibility index (Phi) is 6.47. The molecule has 0 radical (unpaired) electrons. The lowest BCUT2D eigenvalue weighted by atomic mass is 9.65. The predicted molar refractivity (Wildman–Crippen MR) is 135 cm³/mol. The quantitative estimate of drug-likeness (QED) is 0.584. The second kappa shape index (κ2) is 8.97. The number of hydrogen-bond acceptors (Lipinski definition) is 5. The monoisotopic (exact) mass is 498 g/mol. The molecule has 1 amide bonds. The second-order valence-corrected chi connectivity index (χ2v) is 12.9. The van der Waals surface area contributed by atoms with Gasteiger partial charge in [0, 0.05) is 18.3 Å². The molecule has 0 aromatic heterocycles. The normalized spacial score (nSPS) is 23.1. The minimum absolute atomic E-state index is 0.0117. The summed E-state index contributed by atoms with van der Waals surface area (Å²) in [4.78, 5) is 27.5. The number of fused-ring (bicyclic) bond motifs is 2. The number of carbonyl (C=O) groups is 2. The van der Waals surface area contributed by atoms with Gasteiger partial charge in [0.25, 0.3) is 15.9 Å². The topological polar surface area (TPSA) is 92.8 Å². The Morgan fingerprint density at radius 3 is 2.43 bits per heavy atom. The Balaban J connectivity index is 1.44. The first-order chi connectivity index (χ1) is 16.3. The summed E-state index contributed by atoms with van der Waals surface area (Å²) in [6, 6.07) is 11.5. The molecule has 0 spiro atoms. The molecule has 1 aliphatic carbocycles. The highest BCUT2D eigenvalue weighted by atomic mass is 32.2. The maximum atomic E-state index is 13.0. The summed E-state index contributed by atoms with van der Waals surface area (Å²) >= 11 is 0. The van der Waals surface area contributed by atoms with Crippen LogP contribution in [0, 0.1) is 24.7 Å². The molecule has 35 heavy (non-hydrogen) atoms. The van der Waals surface area contributed by atoms with Crippen LogP contribution in [0.15, 0.2) is 47.4 Å². The van der Waals surface area contributed by atoms with E-state index >= 15 is 0 Å². The number of anilines is 1. The van der Waals surface area contributed by atoms with Crippen LogP contribution in [0.5, 0.6) is 0 Å². The van der Waals surface area contributed by atoms with Gasteiger partial charge in [0.05, 0.1) is 10.5 Å². The molecule has 7 nitrogen and oxygen atoms in total. The van der Waals surface area contributed by atoms with E-state index in [0.29, 0.717) is 17.8 Å². The van der Waals surface area contributed by atoms with Gasteiger partial charge in [0.2, 0.25) is 0 Å². The standard InChI is InChI=1S/C27H34N2O5S/c1-18-6-10-21(11-7-18)28-35(32,33)23-12-20(9-8-19(23)2)25(31)34-15-24(30)29-17-27(5)14-22(29)13-26(3,4)16-27/h6-12,22,28H,13-17H2,1-5H3. The SMILES string of the molecule is Cc1ccc(NS(=O)(=O)c2cc(C(=O)OCC(=O)N3CC4(C)CC3CC(C)(C)C4)ccc2C)cc1. The van der Waals surface area contributed by atoms with Crippen molar-refractivity contribution in [3.05, 3.63) is 59.2 Å². The van der Waals surface area contributed by atoms with Crippen LogP contribution in [-0.4, -0.2) is 44.4 Å². The molecule has 8 heteroatoms. The van der Waals surface area contributed by atoms with Crippen LogP contribution in [0.4, 0.5) is 5.69 Å². The highest BCUT2D eigenvalue weighted by Crippen LogP contribution is 2.52. The minimum Gasteiger partial charge on any atom is -0.452 e. The van der Waals surface area contributed by atoms with Gasteiger partial charge in [-0.2, -0.15) is 0 Å². The van der Waals surface area contributed by atoms with Crippen molar-refractivity contribution in [2.75, 3.05) is 17.9 Å². The van der Waals surface area contributed by atoms with E-state index in [1.165, 1.54) is 12.1 Å². The van der Waals surface area contributed by atoms with Crippen molar-refractivity contribution < 1.29 is 22.7 Å². The maximum Gasteiger partial charge on any atom is 0.338 e. The van der Waals surface area contributed by atoms with E-state index in [1.54, 1.807) is 25.1 Å². The summed E-state index contributed by atoms with van der Waals surface area (Å²) in [6.07, 6.45) is 2.98. The summed E-state index contributed by atoms with van der Waals surface area (Å²) < 4.78 is 33.8. The van der Waals surface area contributed by atoms with E-state index in [2.05, 4.69) is 25.5 Å². The Morgan fingerprint density at radius 1 is 1.06 bits per heavy atom. The molecule has 2 bridgehead atoms. The van der Waals surface area contributed by atoms with Gasteiger partial charge < -0.3 is 9.64 Å². The van der Waals surface area contributed by atoms with Gasteiger partial charge in [-0.25, -0.2) is 13.2 Å². The van der Waals surface area contributed by atoms with Crippen molar-refractivity contribution in [2.45, 2.75) is 64.8 Å². The van der Waals surface area contributed by atoms with Crippen LogP contribution < -0.4 is 4.72 Å². The van der Waals surface area contributed by atoms with Gasteiger partial charge in [0.1, 0.15) is 0 Å². The van der Waals surface area contributed by atoms with Crippen molar-refractivity contribution in [3.8, 4) is 0 Å². The van der Waals surface area contributed by atoms with Gasteiger partial charge in [-0.1, -0.05) is 44.5 Å². The number of esters is 1. The van der Waals surface area contributed by atoms with Crippen LogP contribution in [0.1, 0.15) is 61.5 Å². The zero-order valence-corrected chi connectivity index (χ0v) is 21.9. The average molecular weight is 499 g/mol. The van der Waals surface area contributed by atoms with Gasteiger partial charge in [-0.3, -0.25) is 9.52 Å². The third kappa shape index (κ3) is 5.53. The number of likely N-dealkylation sites (tertiary alicyclic amines) is 1. The number of hydrogen-bond donors (Lipinski definition) is 1. The summed E-state index contributed by atoms with van der Waals surface area (Å²) in [5.41, 5.74) is 2.30. The summed E-state index contributed by atoms with van der Waals surface area (Å²) in [6.45, 7) is 10.6. The first-order valence-electron chi connectivity index (χ1n) is 11.9. The lowest BCUT2D eigenvalue weighted by molar-refractivity contribution is -0.135. The Morgan fingerprint density at radius 2 is 1.74 bits per heavy atom. The lowest BCUT2D eigenvalue weighted by Crippen LogP contribution is -2.39. The molecule has 1 N–H and O–H groups in total. The maximum absolute atomic E-state index is 13.0. The molecule has 2 aromatic rings. The Bertz CT molecular complexity index is 1250. The summed E-state index contributed by atoms with van der Waals surface area (Å²) in [5.74, 6) is -0.926. The largest absolute Gasteiger partial charge is 0.452 e. The molecule has 1 saturated heterocycles. The third-order valence-electron chi connectivity index (χ3n) is 7.08. The highest BCUT2D eigenvalue weighted by Gasteiger charge is 2.50. The van der Waals surface area contributed by atoms with Gasteiger partial charge in [-0.15, -0.1) is 0 Å². The number of nitrogens with one attached hydrogen (secondary N) is 1. The van der Waals surface area contributed by atoms with Crippen LogP contribution in [0.3, 0.4) is 0 Å². The van der Waals surface area contributed by atoms with Crippen LogP contribution in [0.2, 0.25) is 0 Å². The number of rotatable bonds is 6. The van der Waals surface area contributed by atoms with Crippen molar-refractivity contribution in [1.82, 2.24) is 4.90 Å². The first-order valence-corrected chi connectivity index (χ1v) is 13.4. The smallest absolute Gasteiger partial charge is 0.338 e. The van der Waals surface area contributed by atoms with E-state index in [4.69, 9.17) is 4.74 Å². The average Bonchev–Trinajstić information content (AvgIpc) is 3.02. The zero-order valence-electron chi connectivity index (χ0n) is 21.1. The molecule has 2 atom stereocenters. The van der Waals surface area contributed by atoms with E-state index in [-0.39, 0.29) is 39.8 Å². The molecule has 2 fully saturated rings. The molecule has 1 saturated carbocycles. The van der Waals surface area contributed by atoms with Crippen LogP contribution in [0.25, 0.3) is 0 Å². The molecule has 1 heterocycles. The van der Waals surface area contributed by atoms with E-state index < -0.39 is 16.0 Å². The number of sulfonamides is 1. The molecular formula is C27H34N2O5S. The molecular weight excluding hydrogens is 464 g/mol. The van der Waals surface area contributed by atoms with Crippen molar-refractivity contribution in [1.29, 1.82) is 0 Å². The first kappa shape index (κ1) is 25.2. The molecule has 1 aliphatic heterocycles. The van der Waals surface area contributed by atoms with Crippen molar-refractivity contribution in [2.24, 2.45) is 10.8 Å². The lowest BCUT2D eigenvalue weighted by Gasteiger charge is -2.39. The van der Waals surface area contributed by atoms with E-state index in [1.807, 2.05) is 24.0 Å². The number of carbonyl (C=O) groups excluding carboxylic acids is 2. The number of ether oxygens (including phenoxy) is 1. The highest BCUT2D eigenvalue weighted by molar-refractivity contribution is 7.92. The minimum atomic E-state index is -3.92. The molecule has 2 aromatic carbocycles. The second-order valence-electron chi connectivity index (χ2n) is 11.3. The Hall–Kier alpha value is -2.87. The molecule has 2 unspecified atom stereocenters. The van der Waals surface area contributed by atoms with Gasteiger partial charge >= 0.3 is 5.97 Å². The summed E-state index contributed by atoms with van der Waals surface area (Å²) in [7, 11) is -3.92. The van der Waals surface area contributed by atoms with Crippen molar-refractivity contribution in [3.63, 3.8) is 0 Å². The Labute approximate surface area is 207 Å². The van der Waals surface area contributed by atoms with Crippen LogP contribution in [-0.2, 0) is 19.6 Å². The summed E-state index contributed by atoms with van der Waals surface area (Å²) in [5, 5.41) is 0. The predicted octanol–water partition coefficient (Wildman–Crippen LogP) is 4.69. The number of benzene rings is 2. The third-order valence-corrected chi connectivity index (χ3v) is 8.60. The number of amides is 1. The van der Waals surface area contributed by atoms with E-state index in [0.717, 1.165) is 24.8 Å². The van der Waals surface area contributed by atoms with Gasteiger partial charge in [0.15, 0.2) is 6.61 Å².